The van der Waals surface area contributed by atoms with Gasteiger partial charge in [-0.2, -0.15) is 0 Å². The van der Waals surface area contributed by atoms with Gasteiger partial charge in [-0.05, 0) is 37.8 Å². The average molecular weight is 207 g/mol. The van der Waals surface area contributed by atoms with E-state index < -0.39 is 5.60 Å². The molecule has 0 spiro atoms. The first-order valence-corrected chi connectivity index (χ1v) is 5.27. The summed E-state index contributed by atoms with van der Waals surface area (Å²) in [6.45, 7) is 2.52. The van der Waals surface area contributed by atoms with Crippen molar-refractivity contribution in [1.29, 1.82) is 0 Å². The van der Waals surface area contributed by atoms with Gasteiger partial charge in [0.15, 0.2) is 0 Å². The third-order valence-electron chi connectivity index (χ3n) is 3.03. The van der Waals surface area contributed by atoms with Crippen molar-refractivity contribution in [1.82, 2.24) is 4.98 Å². The minimum atomic E-state index is -0.517. The van der Waals surface area contributed by atoms with Crippen LogP contribution in [0.1, 0.15) is 24.8 Å². The van der Waals surface area contributed by atoms with E-state index >= 15 is 0 Å². The maximum absolute atomic E-state index is 9.88. The van der Waals surface area contributed by atoms with Crippen LogP contribution in [-0.4, -0.2) is 22.2 Å². The van der Waals surface area contributed by atoms with Gasteiger partial charge in [-0.3, -0.25) is 0 Å². The Kier molecular flexibility index (Phi) is 2.52. The molecule has 4 N–H and O–H groups in total. The van der Waals surface area contributed by atoms with Crippen molar-refractivity contribution in [2.75, 3.05) is 17.6 Å². The van der Waals surface area contributed by atoms with Crippen molar-refractivity contribution in [3.8, 4) is 0 Å². The molecule has 15 heavy (non-hydrogen) atoms. The number of anilines is 2. The zero-order valence-electron chi connectivity index (χ0n) is 8.95. The second kappa shape index (κ2) is 3.70. The minimum Gasteiger partial charge on any atom is -0.397 e. The number of nitrogens with one attached hydrogen (secondary N) is 1. The molecule has 1 fully saturated rings. The Morgan fingerprint density at radius 2 is 2.33 bits per heavy atom. The molecular formula is C11H17N3O. The molecule has 0 saturated heterocycles. The lowest BCUT2D eigenvalue weighted by Crippen LogP contribution is -2.43. The molecule has 4 nitrogen and oxygen atoms in total. The van der Waals surface area contributed by atoms with Gasteiger partial charge in [-0.25, -0.2) is 4.98 Å². The van der Waals surface area contributed by atoms with Crippen molar-refractivity contribution >= 4 is 11.5 Å². The highest BCUT2D eigenvalue weighted by Gasteiger charge is 2.33. The van der Waals surface area contributed by atoms with E-state index in [9.17, 15) is 5.11 Å². The number of hydrogen-bond acceptors (Lipinski definition) is 4. The Bertz CT molecular complexity index is 361. The summed E-state index contributed by atoms with van der Waals surface area (Å²) < 4.78 is 0. The van der Waals surface area contributed by atoms with Gasteiger partial charge in [-0.1, -0.05) is 0 Å². The summed E-state index contributed by atoms with van der Waals surface area (Å²) in [7, 11) is 0. The lowest BCUT2D eigenvalue weighted by Gasteiger charge is -2.36. The van der Waals surface area contributed by atoms with Crippen molar-refractivity contribution in [3.63, 3.8) is 0 Å². The summed E-state index contributed by atoms with van der Waals surface area (Å²) >= 11 is 0. The van der Waals surface area contributed by atoms with Crippen molar-refractivity contribution in [2.24, 2.45) is 0 Å². The van der Waals surface area contributed by atoms with E-state index in [2.05, 4.69) is 10.3 Å². The van der Waals surface area contributed by atoms with E-state index in [0.29, 0.717) is 12.2 Å². The third-order valence-corrected chi connectivity index (χ3v) is 3.03. The summed E-state index contributed by atoms with van der Waals surface area (Å²) in [4.78, 5) is 4.15. The van der Waals surface area contributed by atoms with Crippen LogP contribution in [0.2, 0.25) is 0 Å². The van der Waals surface area contributed by atoms with Crippen LogP contribution in [0, 0.1) is 6.92 Å². The first-order chi connectivity index (χ1) is 7.09. The van der Waals surface area contributed by atoms with Gasteiger partial charge >= 0.3 is 0 Å². The molecule has 0 radical (unpaired) electrons. The molecule has 2 rings (SSSR count). The molecule has 0 atom stereocenters. The smallest absolute Gasteiger partial charge is 0.126 e. The van der Waals surface area contributed by atoms with E-state index in [4.69, 9.17) is 5.73 Å². The zero-order valence-corrected chi connectivity index (χ0v) is 8.95. The average Bonchev–Trinajstić information content (AvgIpc) is 2.17. The molecule has 4 heteroatoms. The maximum atomic E-state index is 9.88. The number of nitrogens with zero attached hydrogens (tertiary/aromatic N) is 1. The normalized spacial score (nSPS) is 18.3. The highest BCUT2D eigenvalue weighted by Crippen LogP contribution is 2.31. The topological polar surface area (TPSA) is 71.2 Å². The number of aromatic nitrogens is 1. The Labute approximate surface area is 89.5 Å². The number of aryl methyl sites for hydroxylation is 1. The Morgan fingerprint density at radius 1 is 1.60 bits per heavy atom. The van der Waals surface area contributed by atoms with E-state index in [1.807, 2.05) is 13.0 Å². The molecule has 1 aromatic rings. The largest absolute Gasteiger partial charge is 0.397 e. The highest BCUT2D eigenvalue weighted by atomic mass is 16.3. The minimum absolute atomic E-state index is 0.517. The molecule has 0 unspecified atom stereocenters. The molecule has 0 aliphatic heterocycles. The van der Waals surface area contributed by atoms with Crippen LogP contribution in [0.3, 0.4) is 0 Å². The summed E-state index contributed by atoms with van der Waals surface area (Å²) in [5.74, 6) is 0.780. The lowest BCUT2D eigenvalue weighted by atomic mass is 9.80. The van der Waals surface area contributed by atoms with Crippen LogP contribution >= 0.6 is 0 Å². The number of hydrogen-bond donors (Lipinski definition) is 3. The van der Waals surface area contributed by atoms with E-state index in [-0.39, 0.29) is 0 Å². The van der Waals surface area contributed by atoms with Gasteiger partial charge < -0.3 is 16.2 Å². The molecular weight excluding hydrogens is 190 g/mol. The summed E-state index contributed by atoms with van der Waals surface area (Å²) in [6, 6.07) is 1.90. The second-order valence-corrected chi connectivity index (χ2v) is 4.36. The molecule has 0 amide bonds. The molecule has 0 aromatic carbocycles. The Hall–Kier alpha value is -1.29. The lowest BCUT2D eigenvalue weighted by molar-refractivity contribution is -0.0202. The predicted octanol–water partition coefficient (Wildman–Crippen LogP) is 1.30. The molecule has 0 bridgehead atoms. The zero-order chi connectivity index (χ0) is 10.9. The number of pyridine rings is 1. The molecule has 82 valence electrons. The number of rotatable bonds is 3. The van der Waals surface area contributed by atoms with Crippen LogP contribution in [-0.2, 0) is 0 Å². The predicted molar refractivity (Wildman–Crippen MR) is 60.7 cm³/mol. The van der Waals surface area contributed by atoms with Crippen LogP contribution in [0.5, 0.6) is 0 Å². The SMILES string of the molecule is Cc1cc(NCC2(O)CCC2)ncc1N. The van der Waals surface area contributed by atoms with Gasteiger partial charge in [0.05, 0.1) is 17.5 Å². The third kappa shape index (κ3) is 2.21. The first kappa shape index (κ1) is 10.2. The quantitative estimate of drug-likeness (QED) is 0.698. The Balaban J connectivity index is 1.96. The standard InChI is InChI=1S/C11H17N3O/c1-8-5-10(13-6-9(8)12)14-7-11(15)3-2-4-11/h5-6,15H,2-4,7,12H2,1H3,(H,13,14). The monoisotopic (exact) mass is 207 g/mol. The highest BCUT2D eigenvalue weighted by molar-refractivity contribution is 5.50. The maximum Gasteiger partial charge on any atom is 0.126 e. The Morgan fingerprint density at radius 3 is 2.87 bits per heavy atom. The fourth-order valence-corrected chi connectivity index (χ4v) is 1.68. The van der Waals surface area contributed by atoms with Crippen LogP contribution in [0.25, 0.3) is 0 Å². The van der Waals surface area contributed by atoms with Crippen LogP contribution in [0.4, 0.5) is 11.5 Å². The first-order valence-electron chi connectivity index (χ1n) is 5.27. The van der Waals surface area contributed by atoms with Gasteiger partial charge in [0.2, 0.25) is 0 Å². The van der Waals surface area contributed by atoms with E-state index in [0.717, 1.165) is 30.6 Å². The van der Waals surface area contributed by atoms with Crippen molar-refractivity contribution < 1.29 is 5.11 Å². The number of aliphatic hydroxyl groups is 1. The summed E-state index contributed by atoms with van der Waals surface area (Å²) in [5.41, 5.74) is 6.86. The van der Waals surface area contributed by atoms with Gasteiger partial charge in [0, 0.05) is 6.54 Å². The van der Waals surface area contributed by atoms with Gasteiger partial charge in [-0.15, -0.1) is 0 Å². The summed E-state index contributed by atoms with van der Waals surface area (Å²) in [5, 5.41) is 13.0. The molecule has 1 aliphatic carbocycles. The molecule has 1 aromatic heterocycles. The van der Waals surface area contributed by atoms with Crippen LogP contribution < -0.4 is 11.1 Å². The molecule has 1 saturated carbocycles. The van der Waals surface area contributed by atoms with Crippen LogP contribution in [0.15, 0.2) is 12.3 Å². The van der Waals surface area contributed by atoms with Crippen molar-refractivity contribution in [2.45, 2.75) is 31.8 Å². The van der Waals surface area contributed by atoms with E-state index in [1.165, 1.54) is 0 Å². The molecule has 1 heterocycles. The van der Waals surface area contributed by atoms with Gasteiger partial charge in [0.1, 0.15) is 5.82 Å². The number of nitrogens with two attached hydrogens (primary N) is 1. The van der Waals surface area contributed by atoms with E-state index in [1.54, 1.807) is 6.20 Å². The summed E-state index contributed by atoms with van der Waals surface area (Å²) in [6.07, 6.45) is 4.52. The van der Waals surface area contributed by atoms with Gasteiger partial charge in [0.25, 0.3) is 0 Å². The molecule has 1 aliphatic rings. The second-order valence-electron chi connectivity index (χ2n) is 4.36. The number of nitrogen functional groups attached to an aromatic ring is 1. The van der Waals surface area contributed by atoms with Crippen molar-refractivity contribution in [3.05, 3.63) is 17.8 Å². The fraction of sp³-hybridized carbons (Fsp3) is 0.545. The fourth-order valence-electron chi connectivity index (χ4n) is 1.68.